The molecule has 28 heavy (non-hydrogen) atoms. The van der Waals surface area contributed by atoms with Gasteiger partial charge >= 0.3 is 5.97 Å². The van der Waals surface area contributed by atoms with Crippen LogP contribution in [0.25, 0.3) is 23.4 Å². The van der Waals surface area contributed by atoms with Gasteiger partial charge in [-0.2, -0.15) is 0 Å². The molecule has 2 heterocycles. The maximum absolute atomic E-state index is 13.0. The molecule has 0 atom stereocenters. The number of benzene rings is 2. The Bertz CT molecular complexity index is 1060. The monoisotopic (exact) mass is 374 g/mol. The largest absolute Gasteiger partial charge is 0.476 e. The molecule has 0 aliphatic carbocycles. The number of fused-ring (bicyclic) bond motifs is 1. The van der Waals surface area contributed by atoms with Gasteiger partial charge in [-0.15, -0.1) is 0 Å². The maximum atomic E-state index is 13.0. The predicted molar refractivity (Wildman–Crippen MR) is 109 cm³/mol. The number of nitrogens with one attached hydrogen (secondary N) is 1. The number of halogens is 1. The van der Waals surface area contributed by atoms with Crippen molar-refractivity contribution in [1.82, 2.24) is 4.98 Å². The summed E-state index contributed by atoms with van der Waals surface area (Å²) < 4.78 is 13.0. The smallest absolute Gasteiger partial charge is 0.355 e. The summed E-state index contributed by atoms with van der Waals surface area (Å²) in [5.41, 5.74) is 5.12. The molecule has 0 fully saturated rings. The van der Waals surface area contributed by atoms with E-state index in [2.05, 4.69) is 16.4 Å². The van der Waals surface area contributed by atoms with E-state index in [0.29, 0.717) is 11.3 Å². The molecule has 0 saturated heterocycles. The Morgan fingerprint density at radius 2 is 1.89 bits per heavy atom. The van der Waals surface area contributed by atoms with Crippen molar-refractivity contribution in [2.45, 2.75) is 12.8 Å². The molecule has 0 saturated carbocycles. The molecule has 1 aromatic heterocycles. The van der Waals surface area contributed by atoms with Gasteiger partial charge < -0.3 is 10.4 Å². The molecule has 1 aliphatic rings. The summed E-state index contributed by atoms with van der Waals surface area (Å²) in [7, 11) is 0. The fourth-order valence-corrected chi connectivity index (χ4v) is 3.32. The lowest BCUT2D eigenvalue weighted by Gasteiger charge is -2.18. The van der Waals surface area contributed by atoms with Crippen molar-refractivity contribution in [1.29, 1.82) is 0 Å². The van der Waals surface area contributed by atoms with E-state index in [1.807, 2.05) is 18.2 Å². The minimum absolute atomic E-state index is 0.0125. The average Bonchev–Trinajstić information content (AvgIpc) is 2.73. The molecule has 0 amide bonds. The molecule has 5 heteroatoms. The van der Waals surface area contributed by atoms with Crippen molar-refractivity contribution in [2.75, 3.05) is 11.9 Å². The lowest BCUT2D eigenvalue weighted by Crippen LogP contribution is -2.11. The van der Waals surface area contributed by atoms with Crippen molar-refractivity contribution in [3.63, 3.8) is 0 Å². The highest BCUT2D eigenvalue weighted by molar-refractivity contribution is 5.92. The molecule has 4 nitrogen and oxygen atoms in total. The second-order valence-corrected chi connectivity index (χ2v) is 6.73. The van der Waals surface area contributed by atoms with Gasteiger partial charge in [0.25, 0.3) is 0 Å². The highest BCUT2D eigenvalue weighted by Gasteiger charge is 2.14. The van der Waals surface area contributed by atoms with Gasteiger partial charge in [-0.3, -0.25) is 0 Å². The number of carboxylic acids is 1. The first-order valence-corrected chi connectivity index (χ1v) is 9.15. The normalized spacial score (nSPS) is 13.2. The van der Waals surface area contributed by atoms with Gasteiger partial charge in [-0.05, 0) is 48.2 Å². The van der Waals surface area contributed by atoms with Crippen LogP contribution in [0.2, 0.25) is 0 Å². The third kappa shape index (κ3) is 3.78. The quantitative estimate of drug-likeness (QED) is 0.666. The maximum Gasteiger partial charge on any atom is 0.355 e. The number of hydrogen-bond acceptors (Lipinski definition) is 3. The molecular formula is C23H19FN2O2. The molecule has 140 valence electrons. The van der Waals surface area contributed by atoms with Gasteiger partial charge in [0.05, 0.1) is 5.69 Å². The first-order valence-electron chi connectivity index (χ1n) is 9.15. The van der Waals surface area contributed by atoms with Crippen LogP contribution in [0, 0.1) is 5.82 Å². The highest BCUT2D eigenvalue weighted by atomic mass is 19.1. The van der Waals surface area contributed by atoms with Crippen LogP contribution < -0.4 is 5.32 Å². The molecular weight excluding hydrogens is 355 g/mol. The second kappa shape index (κ2) is 7.64. The Morgan fingerprint density at radius 1 is 1.07 bits per heavy atom. The second-order valence-electron chi connectivity index (χ2n) is 6.73. The fraction of sp³-hybridized carbons (Fsp3) is 0.130. The van der Waals surface area contributed by atoms with Crippen LogP contribution in [0.3, 0.4) is 0 Å². The van der Waals surface area contributed by atoms with Crippen molar-refractivity contribution in [3.05, 3.63) is 82.8 Å². The summed E-state index contributed by atoms with van der Waals surface area (Å²) in [5, 5.41) is 13.0. The van der Waals surface area contributed by atoms with Crippen LogP contribution in [-0.4, -0.2) is 22.6 Å². The van der Waals surface area contributed by atoms with E-state index in [1.54, 1.807) is 30.4 Å². The number of aromatic carboxylic acids is 1. The minimum atomic E-state index is -1.09. The molecule has 2 aromatic carbocycles. The topological polar surface area (TPSA) is 62.2 Å². The van der Waals surface area contributed by atoms with Crippen LogP contribution in [0.4, 0.5) is 10.1 Å². The number of rotatable bonds is 4. The number of pyridine rings is 1. The Morgan fingerprint density at radius 3 is 2.68 bits per heavy atom. The van der Waals surface area contributed by atoms with Gasteiger partial charge in [0.2, 0.25) is 0 Å². The third-order valence-electron chi connectivity index (χ3n) is 4.80. The van der Waals surface area contributed by atoms with E-state index >= 15 is 0 Å². The zero-order valence-corrected chi connectivity index (χ0v) is 15.2. The van der Waals surface area contributed by atoms with Crippen LogP contribution in [-0.2, 0) is 6.42 Å². The molecule has 0 spiro atoms. The number of aryl methyl sites for hydroxylation is 1. The predicted octanol–water partition coefficient (Wildman–Crippen LogP) is 5.11. The van der Waals surface area contributed by atoms with Crippen molar-refractivity contribution < 1.29 is 14.3 Å². The van der Waals surface area contributed by atoms with E-state index in [0.717, 1.165) is 36.2 Å². The summed E-state index contributed by atoms with van der Waals surface area (Å²) >= 11 is 0. The zero-order valence-electron chi connectivity index (χ0n) is 15.2. The van der Waals surface area contributed by atoms with Crippen LogP contribution in [0.15, 0.2) is 54.6 Å². The molecule has 0 bridgehead atoms. The first kappa shape index (κ1) is 17.9. The van der Waals surface area contributed by atoms with Gasteiger partial charge in [0.15, 0.2) is 5.69 Å². The Balaban J connectivity index is 1.67. The van der Waals surface area contributed by atoms with E-state index < -0.39 is 5.97 Å². The summed E-state index contributed by atoms with van der Waals surface area (Å²) in [6.45, 7) is 0.942. The Hall–Kier alpha value is -3.47. The summed E-state index contributed by atoms with van der Waals surface area (Å²) in [5.74, 6) is -1.40. The molecule has 0 radical (unpaired) electrons. The number of hydrogen-bond donors (Lipinski definition) is 2. The van der Waals surface area contributed by atoms with Gasteiger partial charge in [0, 0.05) is 23.4 Å². The lowest BCUT2D eigenvalue weighted by molar-refractivity contribution is 0.0690. The van der Waals surface area contributed by atoms with E-state index in [9.17, 15) is 14.3 Å². The average molecular weight is 374 g/mol. The standard InChI is InChI=1S/C23H19FN2O2/c24-19-10-4-15(5-11-19)3-6-17-9-12-20(26-22(17)23(27)28)18-8-7-16-2-1-13-25-21(16)14-18/h3-12,14,25H,1-2,13H2,(H,27,28)/b6-3+. The number of carbonyl (C=O) groups is 1. The molecule has 3 aromatic rings. The number of anilines is 1. The third-order valence-corrected chi connectivity index (χ3v) is 4.80. The lowest BCUT2D eigenvalue weighted by atomic mass is 9.99. The minimum Gasteiger partial charge on any atom is -0.476 e. The first-order chi connectivity index (χ1) is 13.6. The van der Waals surface area contributed by atoms with Gasteiger partial charge in [0.1, 0.15) is 5.82 Å². The molecule has 4 rings (SSSR count). The van der Waals surface area contributed by atoms with Gasteiger partial charge in [-0.25, -0.2) is 14.2 Å². The Kier molecular flexibility index (Phi) is 4.89. The number of aromatic nitrogens is 1. The SMILES string of the molecule is O=C(O)c1nc(-c2ccc3c(c2)NCCC3)ccc1/C=C/c1ccc(F)cc1. The van der Waals surface area contributed by atoms with Gasteiger partial charge in [-0.1, -0.05) is 42.5 Å². The summed E-state index contributed by atoms with van der Waals surface area (Å²) in [6.07, 6.45) is 5.58. The molecule has 0 unspecified atom stereocenters. The van der Waals surface area contributed by atoms with E-state index in [1.165, 1.54) is 17.7 Å². The van der Waals surface area contributed by atoms with Crippen molar-refractivity contribution >= 4 is 23.8 Å². The molecule has 2 N–H and O–H groups in total. The molecule has 1 aliphatic heterocycles. The zero-order chi connectivity index (χ0) is 19.5. The summed E-state index contributed by atoms with van der Waals surface area (Å²) in [4.78, 5) is 16.1. The van der Waals surface area contributed by atoms with Crippen LogP contribution >= 0.6 is 0 Å². The number of nitrogens with zero attached hydrogens (tertiary/aromatic N) is 1. The van der Waals surface area contributed by atoms with E-state index in [-0.39, 0.29) is 11.5 Å². The Labute approximate surface area is 162 Å². The fourth-order valence-electron chi connectivity index (χ4n) is 3.32. The van der Waals surface area contributed by atoms with Crippen molar-refractivity contribution in [3.8, 4) is 11.3 Å². The highest BCUT2D eigenvalue weighted by Crippen LogP contribution is 2.28. The number of carboxylic acid groups (broad SMARTS) is 1. The van der Waals surface area contributed by atoms with Crippen molar-refractivity contribution in [2.24, 2.45) is 0 Å². The van der Waals surface area contributed by atoms with Crippen LogP contribution in [0.1, 0.15) is 33.6 Å². The summed E-state index contributed by atoms with van der Waals surface area (Å²) in [6, 6.07) is 15.6. The van der Waals surface area contributed by atoms with E-state index in [4.69, 9.17) is 0 Å². The van der Waals surface area contributed by atoms with Crippen LogP contribution in [0.5, 0.6) is 0 Å².